The Hall–Kier alpha value is -2.37. The van der Waals surface area contributed by atoms with Crippen molar-refractivity contribution in [3.8, 4) is 0 Å². The van der Waals surface area contributed by atoms with Crippen molar-refractivity contribution in [2.75, 3.05) is 19.6 Å². The number of amides is 2. The fourth-order valence-corrected chi connectivity index (χ4v) is 4.22. The van der Waals surface area contributed by atoms with E-state index in [9.17, 15) is 9.59 Å². The molecule has 0 radical (unpaired) electrons. The van der Waals surface area contributed by atoms with Crippen molar-refractivity contribution < 1.29 is 14.0 Å². The summed E-state index contributed by atoms with van der Waals surface area (Å²) in [5, 5.41) is 2.85. The lowest BCUT2D eigenvalue weighted by Gasteiger charge is -2.31. The van der Waals surface area contributed by atoms with Gasteiger partial charge in [0.2, 0.25) is 11.8 Å². The number of oxazole rings is 1. The Morgan fingerprint density at radius 1 is 1.07 bits per heavy atom. The molecule has 0 atom stereocenters. The van der Waals surface area contributed by atoms with Crippen molar-refractivity contribution in [2.45, 2.75) is 50.9 Å². The first-order chi connectivity index (χ1) is 13.2. The van der Waals surface area contributed by atoms with Crippen LogP contribution < -0.4 is 5.32 Å². The molecule has 6 nitrogen and oxygen atoms in total. The molecule has 6 heteroatoms. The summed E-state index contributed by atoms with van der Waals surface area (Å²) in [7, 11) is 0. The number of carbonyl (C=O) groups excluding carboxylic acids is 2. The molecule has 0 bridgehead atoms. The van der Waals surface area contributed by atoms with E-state index in [2.05, 4.69) is 10.3 Å². The van der Waals surface area contributed by atoms with Crippen LogP contribution in [0.15, 0.2) is 28.7 Å². The van der Waals surface area contributed by atoms with Crippen molar-refractivity contribution >= 4 is 22.9 Å². The minimum Gasteiger partial charge on any atom is -0.440 e. The molecule has 1 aliphatic heterocycles. The molecule has 4 rings (SSSR count). The summed E-state index contributed by atoms with van der Waals surface area (Å²) in [6, 6.07) is 7.78. The van der Waals surface area contributed by atoms with Gasteiger partial charge in [-0.1, -0.05) is 31.4 Å². The Morgan fingerprint density at radius 2 is 1.81 bits per heavy atom. The van der Waals surface area contributed by atoms with Crippen LogP contribution in [0.1, 0.15) is 56.8 Å². The number of fused-ring (bicyclic) bond motifs is 1. The van der Waals surface area contributed by atoms with Crippen LogP contribution in [-0.4, -0.2) is 41.3 Å². The number of piperidine rings is 1. The summed E-state index contributed by atoms with van der Waals surface area (Å²) in [6.45, 7) is 1.48. The van der Waals surface area contributed by atoms with Crippen LogP contribution in [0.4, 0.5) is 0 Å². The lowest BCUT2D eigenvalue weighted by Crippen LogP contribution is -2.45. The predicted octanol–water partition coefficient (Wildman–Crippen LogP) is 3.23. The number of rotatable bonds is 4. The number of carbonyl (C=O) groups is 2. The Balaban J connectivity index is 1.25. The molecule has 1 aliphatic carbocycles. The predicted molar refractivity (Wildman–Crippen MR) is 102 cm³/mol. The van der Waals surface area contributed by atoms with E-state index in [1.165, 1.54) is 6.42 Å². The van der Waals surface area contributed by atoms with Crippen LogP contribution >= 0.6 is 0 Å². The molecule has 1 N–H and O–H groups in total. The van der Waals surface area contributed by atoms with Crippen LogP contribution in [0, 0.1) is 5.92 Å². The largest absolute Gasteiger partial charge is 0.440 e. The van der Waals surface area contributed by atoms with Gasteiger partial charge in [-0.2, -0.15) is 0 Å². The van der Waals surface area contributed by atoms with Crippen LogP contribution in [0.3, 0.4) is 0 Å². The number of hydrogen-bond acceptors (Lipinski definition) is 4. The molecule has 144 valence electrons. The lowest BCUT2D eigenvalue weighted by atomic mass is 9.89. The number of aromatic nitrogens is 1. The number of para-hydroxylation sites is 2. The van der Waals surface area contributed by atoms with Crippen LogP contribution in [0.25, 0.3) is 11.1 Å². The standard InChI is InChI=1S/C21H27N3O3/c25-19(14-22-20(26)15-6-2-1-3-7-15)24-12-10-16(11-13-24)21-23-17-8-4-5-9-18(17)27-21/h4-5,8-9,15-16H,1-3,6-7,10-14H2,(H,22,26). The number of benzene rings is 1. The number of nitrogens with zero attached hydrogens (tertiary/aromatic N) is 2. The zero-order valence-corrected chi connectivity index (χ0v) is 15.7. The third kappa shape index (κ3) is 4.15. The van der Waals surface area contributed by atoms with E-state index in [1.807, 2.05) is 29.2 Å². The highest BCUT2D eigenvalue weighted by molar-refractivity contribution is 5.86. The average molecular weight is 369 g/mol. The highest BCUT2D eigenvalue weighted by Gasteiger charge is 2.28. The molecular formula is C21H27N3O3. The van der Waals surface area contributed by atoms with Gasteiger partial charge < -0.3 is 14.6 Å². The molecule has 1 aromatic carbocycles. The quantitative estimate of drug-likeness (QED) is 0.898. The summed E-state index contributed by atoms with van der Waals surface area (Å²) in [5.41, 5.74) is 1.70. The highest BCUT2D eigenvalue weighted by atomic mass is 16.3. The number of nitrogens with one attached hydrogen (secondary N) is 1. The molecule has 27 heavy (non-hydrogen) atoms. The molecule has 2 aromatic rings. The van der Waals surface area contributed by atoms with Crippen LogP contribution in [0.5, 0.6) is 0 Å². The third-order valence-corrected chi connectivity index (χ3v) is 5.90. The zero-order chi connectivity index (χ0) is 18.6. The van der Waals surface area contributed by atoms with Gasteiger partial charge in [-0.15, -0.1) is 0 Å². The van der Waals surface area contributed by atoms with Gasteiger partial charge in [-0.05, 0) is 37.8 Å². The van der Waals surface area contributed by atoms with E-state index in [0.717, 1.165) is 55.5 Å². The summed E-state index contributed by atoms with van der Waals surface area (Å²) in [5.74, 6) is 1.17. The monoisotopic (exact) mass is 369 g/mol. The molecule has 2 heterocycles. The Labute approximate surface area is 159 Å². The maximum absolute atomic E-state index is 12.4. The molecular weight excluding hydrogens is 342 g/mol. The number of likely N-dealkylation sites (tertiary alicyclic amines) is 1. The molecule has 1 saturated heterocycles. The van der Waals surface area contributed by atoms with E-state index in [-0.39, 0.29) is 30.2 Å². The number of hydrogen-bond donors (Lipinski definition) is 1. The van der Waals surface area contributed by atoms with E-state index < -0.39 is 0 Å². The van der Waals surface area contributed by atoms with Gasteiger partial charge in [0.15, 0.2) is 11.5 Å². The summed E-state index contributed by atoms with van der Waals surface area (Å²) >= 11 is 0. The van der Waals surface area contributed by atoms with Crippen LogP contribution in [-0.2, 0) is 9.59 Å². The molecule has 1 aromatic heterocycles. The maximum atomic E-state index is 12.4. The van der Waals surface area contributed by atoms with E-state index >= 15 is 0 Å². The summed E-state index contributed by atoms with van der Waals surface area (Å²) < 4.78 is 5.88. The second-order valence-corrected chi connectivity index (χ2v) is 7.73. The normalized spacial score (nSPS) is 19.3. The van der Waals surface area contributed by atoms with Crippen molar-refractivity contribution in [1.29, 1.82) is 0 Å². The molecule has 1 saturated carbocycles. The fourth-order valence-electron chi connectivity index (χ4n) is 4.22. The third-order valence-electron chi connectivity index (χ3n) is 5.90. The molecule has 2 aliphatic rings. The van der Waals surface area contributed by atoms with E-state index in [4.69, 9.17) is 4.42 Å². The fraction of sp³-hybridized carbons (Fsp3) is 0.571. The summed E-state index contributed by atoms with van der Waals surface area (Å²) in [4.78, 5) is 31.1. The van der Waals surface area contributed by atoms with Crippen LogP contribution in [0.2, 0.25) is 0 Å². The van der Waals surface area contributed by atoms with Crippen molar-refractivity contribution in [1.82, 2.24) is 15.2 Å². The van der Waals surface area contributed by atoms with Gasteiger partial charge in [-0.3, -0.25) is 9.59 Å². The Kier molecular flexibility index (Phi) is 5.41. The smallest absolute Gasteiger partial charge is 0.241 e. The minimum absolute atomic E-state index is 0.00942. The summed E-state index contributed by atoms with van der Waals surface area (Å²) in [6.07, 6.45) is 7.05. The zero-order valence-electron chi connectivity index (χ0n) is 15.7. The average Bonchev–Trinajstić information content (AvgIpc) is 3.17. The van der Waals surface area contributed by atoms with Gasteiger partial charge >= 0.3 is 0 Å². The molecule has 2 amide bonds. The van der Waals surface area contributed by atoms with Gasteiger partial charge in [0, 0.05) is 24.9 Å². The van der Waals surface area contributed by atoms with E-state index in [0.29, 0.717) is 13.1 Å². The second kappa shape index (κ2) is 8.11. The first-order valence-corrected chi connectivity index (χ1v) is 10.1. The van der Waals surface area contributed by atoms with Gasteiger partial charge in [0.1, 0.15) is 5.52 Å². The topological polar surface area (TPSA) is 75.4 Å². The minimum atomic E-state index is 0.00942. The first-order valence-electron chi connectivity index (χ1n) is 10.1. The molecule has 2 fully saturated rings. The lowest BCUT2D eigenvalue weighted by molar-refractivity contribution is -0.135. The van der Waals surface area contributed by atoms with Gasteiger partial charge in [0.05, 0.1) is 6.54 Å². The van der Waals surface area contributed by atoms with Gasteiger partial charge in [0.25, 0.3) is 0 Å². The van der Waals surface area contributed by atoms with Crippen molar-refractivity contribution in [3.63, 3.8) is 0 Å². The van der Waals surface area contributed by atoms with E-state index in [1.54, 1.807) is 0 Å². The van der Waals surface area contributed by atoms with Crippen molar-refractivity contribution in [3.05, 3.63) is 30.2 Å². The Morgan fingerprint density at radius 3 is 2.56 bits per heavy atom. The van der Waals surface area contributed by atoms with Gasteiger partial charge in [-0.25, -0.2) is 4.98 Å². The first kappa shape index (κ1) is 18.0. The highest BCUT2D eigenvalue weighted by Crippen LogP contribution is 2.30. The maximum Gasteiger partial charge on any atom is 0.241 e. The van der Waals surface area contributed by atoms with Crippen molar-refractivity contribution in [2.24, 2.45) is 5.92 Å². The Bertz CT molecular complexity index is 769. The second-order valence-electron chi connectivity index (χ2n) is 7.73. The molecule has 0 spiro atoms. The SMILES string of the molecule is O=C(NCC(=O)N1CCC(c2nc3ccccc3o2)CC1)C1CCCCC1. The molecule has 0 unspecified atom stereocenters.